The molecule has 2 heterocycles. The topological polar surface area (TPSA) is 85.3 Å². The van der Waals surface area contributed by atoms with Gasteiger partial charge in [0.1, 0.15) is 0 Å². The van der Waals surface area contributed by atoms with Gasteiger partial charge >= 0.3 is 0 Å². The number of rotatable bonds is 8. The van der Waals surface area contributed by atoms with E-state index in [1.165, 1.54) is 0 Å². The number of oxazole rings is 1. The Kier molecular flexibility index (Phi) is 5.37. The molecular weight excluding hydrogens is 514 g/mol. The molecule has 0 unspecified atom stereocenters. The first kappa shape index (κ1) is 24.7. The number of carbonyl (C=O) groups excluding carboxylic acids is 1. The number of nitrogens with zero attached hydrogens (tertiary/aromatic N) is 4. The van der Waals surface area contributed by atoms with Crippen LogP contribution in [0.15, 0.2) is 39.4 Å². The monoisotopic (exact) mass is 548 g/mol. The van der Waals surface area contributed by atoms with Crippen LogP contribution in [-0.4, -0.2) is 33.5 Å². The molecule has 0 spiro atoms. The summed E-state index contributed by atoms with van der Waals surface area (Å²) in [5.41, 5.74) is 1.47. The van der Waals surface area contributed by atoms with Crippen molar-refractivity contribution in [2.45, 2.75) is 100 Å². The fourth-order valence-corrected chi connectivity index (χ4v) is 7.23. The van der Waals surface area contributed by atoms with Crippen LogP contribution in [0.3, 0.4) is 0 Å². The van der Waals surface area contributed by atoms with Crippen molar-refractivity contribution in [3.63, 3.8) is 0 Å². The minimum atomic E-state index is -2.75. The first-order chi connectivity index (χ1) is 19.3. The average Bonchev–Trinajstić information content (AvgIpc) is 3.89. The van der Waals surface area contributed by atoms with Gasteiger partial charge in [0.25, 0.3) is 0 Å². The molecule has 2 aromatic heterocycles. The number of hydrogen-bond acceptors (Lipinski definition) is 6. The molecule has 0 radical (unpaired) electrons. The molecule has 9 heteroatoms. The van der Waals surface area contributed by atoms with Crippen molar-refractivity contribution in [2.24, 2.45) is 11.3 Å². The molecular formula is C31H34F2N4O3. The van der Waals surface area contributed by atoms with E-state index in [1.807, 2.05) is 24.3 Å². The molecule has 7 nitrogen and oxygen atoms in total. The fraction of sp³-hybridized carbons (Fsp3) is 0.613. The summed E-state index contributed by atoms with van der Waals surface area (Å²) < 4.78 is 39.5. The minimum Gasteiger partial charge on any atom is -0.440 e. The number of aromatic nitrogens is 3. The number of amides is 1. The lowest BCUT2D eigenvalue weighted by Gasteiger charge is -2.53. The fourth-order valence-electron chi connectivity index (χ4n) is 7.23. The number of anilines is 1. The molecule has 6 aliphatic carbocycles. The summed E-state index contributed by atoms with van der Waals surface area (Å²) in [5.74, 6) is 0.378. The molecule has 0 saturated heterocycles. The second-order valence-corrected chi connectivity index (χ2v) is 13.3. The molecule has 2 bridgehead atoms. The third-order valence-corrected chi connectivity index (χ3v) is 10.3. The molecule has 0 atom stereocenters. The van der Waals surface area contributed by atoms with Crippen LogP contribution in [0.4, 0.5) is 14.5 Å². The van der Waals surface area contributed by atoms with E-state index < -0.39 is 11.8 Å². The van der Waals surface area contributed by atoms with Gasteiger partial charge in [-0.1, -0.05) is 17.3 Å². The predicted molar refractivity (Wildman–Crippen MR) is 142 cm³/mol. The predicted octanol–water partition coefficient (Wildman–Crippen LogP) is 7.15. The first-order valence-electron chi connectivity index (χ1n) is 14.9. The normalized spacial score (nSPS) is 29.4. The van der Waals surface area contributed by atoms with Crippen LogP contribution in [0.1, 0.15) is 106 Å². The van der Waals surface area contributed by atoms with Crippen molar-refractivity contribution in [2.75, 3.05) is 11.4 Å². The summed E-state index contributed by atoms with van der Waals surface area (Å²) in [4.78, 5) is 24.9. The van der Waals surface area contributed by atoms with E-state index in [4.69, 9.17) is 13.9 Å². The Hall–Kier alpha value is -3.10. The van der Waals surface area contributed by atoms with Crippen LogP contribution in [0.5, 0.6) is 0 Å². The smallest absolute Gasteiger partial charge is 0.249 e. The minimum absolute atomic E-state index is 0.0512. The summed E-state index contributed by atoms with van der Waals surface area (Å²) in [6, 6.07) is 7.74. The van der Waals surface area contributed by atoms with Crippen molar-refractivity contribution >= 4 is 11.6 Å². The molecule has 6 aliphatic rings. The largest absolute Gasteiger partial charge is 0.440 e. The Morgan fingerprint density at radius 3 is 2.40 bits per heavy atom. The summed E-state index contributed by atoms with van der Waals surface area (Å²) in [6.07, 6.45) is 11.2. The summed E-state index contributed by atoms with van der Waals surface area (Å²) in [5, 5.41) is 4.27. The Morgan fingerprint density at radius 1 is 1.00 bits per heavy atom. The molecule has 0 aliphatic heterocycles. The standard InChI is InChI=1S/C31H34F2N4O3/c32-31(33)15-22(16-31)27(38)37(23-3-1-2-21(14-23)24-17-34-26(39-24)20-6-7-20)18-29-8-11-30(12-9-29,13-10-29)28-35-25(36-40-28)19-4-5-19/h1-3,14,17,19-20,22H,4-13,15-16,18H2. The van der Waals surface area contributed by atoms with E-state index >= 15 is 0 Å². The number of halogens is 2. The summed E-state index contributed by atoms with van der Waals surface area (Å²) >= 11 is 0. The van der Waals surface area contributed by atoms with Crippen LogP contribution in [-0.2, 0) is 10.2 Å². The highest BCUT2D eigenvalue weighted by atomic mass is 19.3. The molecule has 6 saturated carbocycles. The lowest BCUT2D eigenvalue weighted by Crippen LogP contribution is -2.53. The Morgan fingerprint density at radius 2 is 1.73 bits per heavy atom. The molecule has 1 aromatic carbocycles. The zero-order valence-electron chi connectivity index (χ0n) is 22.6. The van der Waals surface area contributed by atoms with Crippen LogP contribution in [0.25, 0.3) is 11.3 Å². The van der Waals surface area contributed by atoms with Gasteiger partial charge in [0.2, 0.25) is 17.7 Å². The zero-order chi connectivity index (χ0) is 27.1. The molecule has 210 valence electrons. The quantitative estimate of drug-likeness (QED) is 0.297. The summed E-state index contributed by atoms with van der Waals surface area (Å²) in [6.45, 7) is 0.536. The molecule has 6 fully saturated rings. The third kappa shape index (κ3) is 4.27. The lowest BCUT2D eigenvalue weighted by atomic mass is 9.53. The maximum atomic E-state index is 13.8. The van der Waals surface area contributed by atoms with Gasteiger partial charge in [0.05, 0.1) is 6.20 Å². The van der Waals surface area contributed by atoms with E-state index in [0.717, 1.165) is 93.1 Å². The van der Waals surface area contributed by atoms with Gasteiger partial charge in [-0.2, -0.15) is 4.98 Å². The number of carbonyl (C=O) groups is 1. The van der Waals surface area contributed by atoms with Gasteiger partial charge in [-0.15, -0.1) is 0 Å². The van der Waals surface area contributed by atoms with Gasteiger partial charge in [-0.3, -0.25) is 4.79 Å². The van der Waals surface area contributed by atoms with Crippen molar-refractivity contribution in [3.05, 3.63) is 48.1 Å². The Labute approximate surface area is 231 Å². The summed E-state index contributed by atoms with van der Waals surface area (Å²) in [7, 11) is 0. The number of hydrogen-bond donors (Lipinski definition) is 0. The Balaban J connectivity index is 1.05. The lowest BCUT2D eigenvalue weighted by molar-refractivity contribution is -0.148. The first-order valence-corrected chi connectivity index (χ1v) is 14.9. The van der Waals surface area contributed by atoms with Crippen LogP contribution in [0.2, 0.25) is 0 Å². The number of benzene rings is 1. The van der Waals surface area contributed by atoms with Crippen molar-refractivity contribution in [1.29, 1.82) is 0 Å². The van der Waals surface area contributed by atoms with Gasteiger partial charge in [-0.05, 0) is 81.8 Å². The van der Waals surface area contributed by atoms with Gasteiger partial charge < -0.3 is 13.8 Å². The van der Waals surface area contributed by atoms with Crippen molar-refractivity contribution in [3.8, 4) is 11.3 Å². The maximum Gasteiger partial charge on any atom is 0.249 e. The van der Waals surface area contributed by atoms with Crippen LogP contribution < -0.4 is 4.90 Å². The molecule has 0 N–H and O–H groups in total. The van der Waals surface area contributed by atoms with E-state index in [9.17, 15) is 13.6 Å². The van der Waals surface area contributed by atoms with Crippen LogP contribution >= 0.6 is 0 Å². The van der Waals surface area contributed by atoms with E-state index in [0.29, 0.717) is 24.1 Å². The van der Waals surface area contributed by atoms with Gasteiger partial charge in [-0.25, -0.2) is 13.8 Å². The van der Waals surface area contributed by atoms with Crippen molar-refractivity contribution < 1.29 is 22.5 Å². The third-order valence-electron chi connectivity index (χ3n) is 10.3. The zero-order valence-corrected chi connectivity index (χ0v) is 22.6. The second kappa shape index (κ2) is 8.70. The van der Waals surface area contributed by atoms with E-state index in [-0.39, 0.29) is 29.6 Å². The van der Waals surface area contributed by atoms with E-state index in [1.54, 1.807) is 11.1 Å². The Bertz CT molecular complexity index is 1420. The van der Waals surface area contributed by atoms with Gasteiger partial charge in [0.15, 0.2) is 17.5 Å². The second-order valence-electron chi connectivity index (χ2n) is 13.3. The number of alkyl halides is 2. The highest BCUT2D eigenvalue weighted by Crippen LogP contribution is 2.58. The molecule has 1 amide bonds. The molecule has 9 rings (SSSR count). The molecule has 3 aromatic rings. The van der Waals surface area contributed by atoms with Crippen LogP contribution in [0, 0.1) is 11.3 Å². The SMILES string of the molecule is O=C(C1CC(F)(F)C1)N(CC12CCC(c3nc(C4CC4)no3)(CC1)CC2)c1cccc(-c2cnc(C3CC3)o2)c1. The number of fused-ring (bicyclic) bond motifs is 3. The van der Waals surface area contributed by atoms with E-state index in [2.05, 4.69) is 10.1 Å². The highest BCUT2D eigenvalue weighted by molar-refractivity contribution is 5.96. The highest BCUT2D eigenvalue weighted by Gasteiger charge is 2.55. The average molecular weight is 549 g/mol. The molecule has 40 heavy (non-hydrogen) atoms. The van der Waals surface area contributed by atoms with Gasteiger partial charge in [0, 0.05) is 53.8 Å². The van der Waals surface area contributed by atoms with Crippen molar-refractivity contribution in [1.82, 2.24) is 15.1 Å². The maximum absolute atomic E-state index is 13.8.